The molecule has 94 valence electrons. The summed E-state index contributed by atoms with van der Waals surface area (Å²) in [4.78, 5) is 12.7. The standard InChI is InChI=1S/C11H19N5O/c1-3-7-17-11-15-9(12-4-2)14-10(16-11)13-8-5-6-8/h8H,3-7H2,1-2H3,(H2,12,13,14,15,16). The number of anilines is 2. The Hall–Kier alpha value is -1.59. The van der Waals surface area contributed by atoms with E-state index >= 15 is 0 Å². The Morgan fingerprint density at radius 2 is 1.94 bits per heavy atom. The maximum absolute atomic E-state index is 5.44. The first-order chi connectivity index (χ1) is 8.31. The molecule has 0 aromatic carbocycles. The second kappa shape index (κ2) is 5.65. The van der Waals surface area contributed by atoms with Gasteiger partial charge in [0.2, 0.25) is 11.9 Å². The average molecular weight is 237 g/mol. The van der Waals surface area contributed by atoms with Gasteiger partial charge < -0.3 is 15.4 Å². The summed E-state index contributed by atoms with van der Waals surface area (Å²) in [5, 5.41) is 6.33. The first-order valence-electron chi connectivity index (χ1n) is 6.21. The molecule has 1 aromatic rings. The minimum absolute atomic E-state index is 0.390. The Labute approximate surface area is 101 Å². The molecule has 1 saturated carbocycles. The summed E-state index contributed by atoms with van der Waals surface area (Å²) < 4.78 is 5.44. The normalized spacial score (nSPS) is 14.5. The van der Waals surface area contributed by atoms with Gasteiger partial charge in [0.05, 0.1) is 6.61 Å². The van der Waals surface area contributed by atoms with E-state index in [0.717, 1.165) is 13.0 Å². The van der Waals surface area contributed by atoms with Crippen LogP contribution in [0.4, 0.5) is 11.9 Å². The molecule has 17 heavy (non-hydrogen) atoms. The van der Waals surface area contributed by atoms with Gasteiger partial charge in [0.15, 0.2) is 0 Å². The predicted molar refractivity (Wildman–Crippen MR) is 66.4 cm³/mol. The van der Waals surface area contributed by atoms with Crippen LogP contribution in [0.5, 0.6) is 6.01 Å². The molecule has 2 N–H and O–H groups in total. The minimum atomic E-state index is 0.390. The van der Waals surface area contributed by atoms with Crippen LogP contribution in [-0.2, 0) is 0 Å². The summed E-state index contributed by atoms with van der Waals surface area (Å²) in [6.07, 6.45) is 3.31. The number of ether oxygens (including phenoxy) is 1. The second-order valence-electron chi connectivity index (χ2n) is 4.06. The summed E-state index contributed by atoms with van der Waals surface area (Å²) in [6.45, 7) is 5.46. The van der Waals surface area contributed by atoms with Gasteiger partial charge in [0, 0.05) is 12.6 Å². The number of rotatable bonds is 7. The highest BCUT2D eigenvalue weighted by Gasteiger charge is 2.22. The first kappa shape index (κ1) is 11.9. The highest BCUT2D eigenvalue weighted by atomic mass is 16.5. The van der Waals surface area contributed by atoms with Crippen LogP contribution in [0.25, 0.3) is 0 Å². The third-order valence-corrected chi connectivity index (χ3v) is 2.30. The third-order valence-electron chi connectivity index (χ3n) is 2.30. The van der Waals surface area contributed by atoms with E-state index in [4.69, 9.17) is 4.74 Å². The van der Waals surface area contributed by atoms with Crippen molar-refractivity contribution in [1.82, 2.24) is 15.0 Å². The zero-order chi connectivity index (χ0) is 12.1. The molecule has 0 amide bonds. The molecule has 1 aromatic heterocycles. The van der Waals surface area contributed by atoms with E-state index in [2.05, 4.69) is 32.5 Å². The molecule has 6 heteroatoms. The van der Waals surface area contributed by atoms with Crippen LogP contribution in [0.1, 0.15) is 33.1 Å². The molecule has 1 fully saturated rings. The Balaban J connectivity index is 2.08. The van der Waals surface area contributed by atoms with E-state index in [1.54, 1.807) is 0 Å². The van der Waals surface area contributed by atoms with Crippen LogP contribution >= 0.6 is 0 Å². The Morgan fingerprint density at radius 3 is 2.59 bits per heavy atom. The average Bonchev–Trinajstić information content (AvgIpc) is 3.10. The van der Waals surface area contributed by atoms with Crippen molar-refractivity contribution in [3.05, 3.63) is 0 Å². The second-order valence-corrected chi connectivity index (χ2v) is 4.06. The highest BCUT2D eigenvalue weighted by molar-refractivity contribution is 5.37. The molecule has 0 saturated heterocycles. The van der Waals surface area contributed by atoms with E-state index in [0.29, 0.717) is 30.6 Å². The number of aromatic nitrogens is 3. The van der Waals surface area contributed by atoms with Crippen LogP contribution in [0.15, 0.2) is 0 Å². The molecule has 0 unspecified atom stereocenters. The van der Waals surface area contributed by atoms with Gasteiger partial charge in [-0.15, -0.1) is 0 Å². The van der Waals surface area contributed by atoms with E-state index in [1.807, 2.05) is 6.92 Å². The van der Waals surface area contributed by atoms with Crippen LogP contribution in [0.2, 0.25) is 0 Å². The summed E-state index contributed by atoms with van der Waals surface area (Å²) >= 11 is 0. The zero-order valence-corrected chi connectivity index (χ0v) is 10.4. The Morgan fingerprint density at radius 1 is 1.18 bits per heavy atom. The maximum Gasteiger partial charge on any atom is 0.323 e. The lowest BCUT2D eigenvalue weighted by atomic mass is 10.5. The van der Waals surface area contributed by atoms with Gasteiger partial charge >= 0.3 is 6.01 Å². The van der Waals surface area contributed by atoms with Gasteiger partial charge in [-0.2, -0.15) is 15.0 Å². The molecule has 0 atom stereocenters. The smallest absolute Gasteiger partial charge is 0.323 e. The van der Waals surface area contributed by atoms with Crippen LogP contribution in [-0.4, -0.2) is 34.1 Å². The molecule has 1 heterocycles. The van der Waals surface area contributed by atoms with Crippen LogP contribution in [0.3, 0.4) is 0 Å². The quantitative estimate of drug-likeness (QED) is 0.751. The molecular formula is C11H19N5O. The van der Waals surface area contributed by atoms with Crippen molar-refractivity contribution in [3.8, 4) is 6.01 Å². The maximum atomic E-state index is 5.44. The zero-order valence-electron chi connectivity index (χ0n) is 10.4. The number of nitrogens with zero attached hydrogens (tertiary/aromatic N) is 3. The van der Waals surface area contributed by atoms with Crippen molar-refractivity contribution in [3.63, 3.8) is 0 Å². The van der Waals surface area contributed by atoms with Crippen molar-refractivity contribution in [2.45, 2.75) is 39.2 Å². The van der Waals surface area contributed by atoms with E-state index < -0.39 is 0 Å². The highest BCUT2D eigenvalue weighted by Crippen LogP contribution is 2.23. The summed E-state index contributed by atoms with van der Waals surface area (Å²) in [6, 6.07) is 0.909. The molecule has 0 spiro atoms. The lowest BCUT2D eigenvalue weighted by Crippen LogP contribution is -2.12. The van der Waals surface area contributed by atoms with Crippen molar-refractivity contribution in [2.75, 3.05) is 23.8 Å². The van der Waals surface area contributed by atoms with Crippen molar-refractivity contribution in [2.24, 2.45) is 0 Å². The number of hydrogen-bond donors (Lipinski definition) is 2. The topological polar surface area (TPSA) is 72.0 Å². The fraction of sp³-hybridized carbons (Fsp3) is 0.727. The molecule has 0 aliphatic heterocycles. The number of nitrogens with one attached hydrogen (secondary N) is 2. The molecule has 6 nitrogen and oxygen atoms in total. The van der Waals surface area contributed by atoms with Crippen molar-refractivity contribution in [1.29, 1.82) is 0 Å². The SMILES string of the molecule is CCCOc1nc(NCC)nc(NC2CC2)n1. The van der Waals surface area contributed by atoms with Gasteiger partial charge in [0.1, 0.15) is 0 Å². The molecule has 1 aliphatic carbocycles. The van der Waals surface area contributed by atoms with Crippen LogP contribution in [0, 0.1) is 0 Å². The molecule has 1 aliphatic rings. The monoisotopic (exact) mass is 237 g/mol. The fourth-order valence-corrected chi connectivity index (χ4v) is 1.33. The fourth-order valence-electron chi connectivity index (χ4n) is 1.33. The molecular weight excluding hydrogens is 218 g/mol. The molecule has 0 radical (unpaired) electrons. The molecule has 0 bridgehead atoms. The summed E-state index contributed by atoms with van der Waals surface area (Å²) in [5.41, 5.74) is 0. The van der Waals surface area contributed by atoms with Gasteiger partial charge in [-0.1, -0.05) is 6.92 Å². The summed E-state index contributed by atoms with van der Waals surface area (Å²) in [5.74, 6) is 1.17. The van der Waals surface area contributed by atoms with Gasteiger partial charge in [-0.05, 0) is 26.2 Å². The third kappa shape index (κ3) is 3.72. The summed E-state index contributed by atoms with van der Waals surface area (Å²) in [7, 11) is 0. The van der Waals surface area contributed by atoms with Crippen molar-refractivity contribution >= 4 is 11.9 Å². The minimum Gasteiger partial charge on any atom is -0.463 e. The largest absolute Gasteiger partial charge is 0.463 e. The number of hydrogen-bond acceptors (Lipinski definition) is 6. The van der Waals surface area contributed by atoms with Gasteiger partial charge in [-0.25, -0.2) is 0 Å². The van der Waals surface area contributed by atoms with Crippen molar-refractivity contribution < 1.29 is 4.74 Å². The Kier molecular flexibility index (Phi) is 3.95. The van der Waals surface area contributed by atoms with Crippen LogP contribution < -0.4 is 15.4 Å². The first-order valence-corrected chi connectivity index (χ1v) is 6.21. The Bertz CT molecular complexity index is 367. The van der Waals surface area contributed by atoms with E-state index in [1.165, 1.54) is 12.8 Å². The lowest BCUT2D eigenvalue weighted by Gasteiger charge is -2.08. The lowest BCUT2D eigenvalue weighted by molar-refractivity contribution is 0.292. The molecule has 2 rings (SSSR count). The van der Waals surface area contributed by atoms with E-state index in [-0.39, 0.29) is 0 Å². The van der Waals surface area contributed by atoms with E-state index in [9.17, 15) is 0 Å². The van der Waals surface area contributed by atoms with Gasteiger partial charge in [0.25, 0.3) is 0 Å². The van der Waals surface area contributed by atoms with Gasteiger partial charge in [-0.3, -0.25) is 0 Å². The predicted octanol–water partition coefficient (Wildman–Crippen LogP) is 1.67.